The zero-order valence-electron chi connectivity index (χ0n) is 19.4. The number of benzene rings is 2. The summed E-state index contributed by atoms with van der Waals surface area (Å²) in [5, 5.41) is 0. The van der Waals surface area contributed by atoms with Gasteiger partial charge in [0.2, 0.25) is 10.0 Å². The molecule has 34 heavy (non-hydrogen) atoms. The van der Waals surface area contributed by atoms with Gasteiger partial charge in [-0.3, -0.25) is 9.69 Å². The number of anilines is 1. The van der Waals surface area contributed by atoms with Gasteiger partial charge in [0.1, 0.15) is 10.6 Å². The molecule has 184 valence electrons. The number of morpholine rings is 2. The van der Waals surface area contributed by atoms with E-state index < -0.39 is 10.0 Å². The third-order valence-corrected chi connectivity index (χ3v) is 7.97. The van der Waals surface area contributed by atoms with Gasteiger partial charge in [0, 0.05) is 50.5 Å². The van der Waals surface area contributed by atoms with Crippen molar-refractivity contribution in [2.75, 3.05) is 77.7 Å². The van der Waals surface area contributed by atoms with Gasteiger partial charge in [-0.1, -0.05) is 18.2 Å². The van der Waals surface area contributed by atoms with Gasteiger partial charge in [0.05, 0.1) is 33.5 Å². The molecule has 2 fully saturated rings. The maximum Gasteiger partial charge on any atom is 0.258 e. The first-order chi connectivity index (χ1) is 16.5. The van der Waals surface area contributed by atoms with Gasteiger partial charge >= 0.3 is 0 Å². The van der Waals surface area contributed by atoms with E-state index in [1.54, 1.807) is 17.0 Å². The van der Waals surface area contributed by atoms with Crippen LogP contribution in [0.1, 0.15) is 10.4 Å². The van der Waals surface area contributed by atoms with Gasteiger partial charge in [0.15, 0.2) is 0 Å². The first-order valence-electron chi connectivity index (χ1n) is 11.4. The largest absolute Gasteiger partial charge is 0.495 e. The standard InChI is InChI=1S/C24H31N3O6S/c1-31-22-8-7-20(19-23(22)34(29,30)26-13-17-33-18-14-26)24(28)27(21-5-3-2-4-6-21)10-9-25-11-15-32-16-12-25/h2-8,19H,9-18H2,1H3. The number of ether oxygens (including phenoxy) is 3. The van der Waals surface area contributed by atoms with Crippen LogP contribution in [0.2, 0.25) is 0 Å². The Labute approximate surface area is 200 Å². The number of hydrogen-bond donors (Lipinski definition) is 0. The Balaban J connectivity index is 1.63. The lowest BCUT2D eigenvalue weighted by atomic mass is 10.1. The molecule has 0 radical (unpaired) electrons. The lowest BCUT2D eigenvalue weighted by Gasteiger charge is -2.30. The monoisotopic (exact) mass is 489 g/mol. The summed E-state index contributed by atoms with van der Waals surface area (Å²) in [5.74, 6) is -0.0526. The van der Waals surface area contributed by atoms with Crippen LogP contribution in [-0.4, -0.2) is 96.3 Å². The fourth-order valence-electron chi connectivity index (χ4n) is 4.12. The molecule has 2 saturated heterocycles. The number of rotatable bonds is 8. The molecule has 0 spiro atoms. The van der Waals surface area contributed by atoms with Crippen LogP contribution in [0.15, 0.2) is 53.4 Å². The molecule has 0 aliphatic carbocycles. The first-order valence-corrected chi connectivity index (χ1v) is 12.9. The average Bonchev–Trinajstić information content (AvgIpc) is 2.90. The number of methoxy groups -OCH3 is 1. The Morgan fingerprint density at radius 2 is 1.62 bits per heavy atom. The third-order valence-electron chi connectivity index (χ3n) is 6.06. The highest BCUT2D eigenvalue weighted by Gasteiger charge is 2.31. The summed E-state index contributed by atoms with van der Waals surface area (Å²) in [6.07, 6.45) is 0. The second kappa shape index (κ2) is 11.3. The van der Waals surface area contributed by atoms with E-state index in [-0.39, 0.29) is 29.6 Å². The van der Waals surface area contributed by atoms with Crippen LogP contribution in [0.25, 0.3) is 0 Å². The number of sulfonamides is 1. The van der Waals surface area contributed by atoms with E-state index in [1.807, 2.05) is 30.3 Å². The first kappa shape index (κ1) is 24.6. The molecule has 1 amide bonds. The second-order valence-electron chi connectivity index (χ2n) is 8.13. The van der Waals surface area contributed by atoms with Crippen LogP contribution in [0.4, 0.5) is 5.69 Å². The molecule has 0 aromatic heterocycles. The smallest absolute Gasteiger partial charge is 0.258 e. The summed E-state index contributed by atoms with van der Waals surface area (Å²) < 4.78 is 44.2. The lowest BCUT2D eigenvalue weighted by Crippen LogP contribution is -2.43. The number of amides is 1. The van der Waals surface area contributed by atoms with Gasteiger partial charge in [-0.25, -0.2) is 8.42 Å². The molecule has 2 aromatic carbocycles. The van der Waals surface area contributed by atoms with Gasteiger partial charge in [0.25, 0.3) is 5.91 Å². The maximum atomic E-state index is 13.7. The Hall–Kier alpha value is -2.50. The van der Waals surface area contributed by atoms with Crippen molar-refractivity contribution in [3.8, 4) is 5.75 Å². The molecule has 0 atom stereocenters. The Kier molecular flexibility index (Phi) is 8.17. The number of para-hydroxylation sites is 1. The lowest BCUT2D eigenvalue weighted by molar-refractivity contribution is 0.0391. The maximum absolute atomic E-state index is 13.7. The molecular formula is C24H31N3O6S. The van der Waals surface area contributed by atoms with E-state index in [9.17, 15) is 13.2 Å². The molecule has 10 heteroatoms. The summed E-state index contributed by atoms with van der Waals surface area (Å²) in [7, 11) is -2.42. The van der Waals surface area contributed by atoms with E-state index >= 15 is 0 Å². The van der Waals surface area contributed by atoms with Gasteiger partial charge < -0.3 is 19.1 Å². The molecule has 2 aromatic rings. The van der Waals surface area contributed by atoms with E-state index in [2.05, 4.69) is 4.90 Å². The summed E-state index contributed by atoms with van der Waals surface area (Å²) in [4.78, 5) is 17.6. The molecule has 0 saturated carbocycles. The van der Waals surface area contributed by atoms with Crippen LogP contribution in [-0.2, 0) is 19.5 Å². The predicted molar refractivity (Wildman–Crippen MR) is 128 cm³/mol. The molecular weight excluding hydrogens is 458 g/mol. The fraction of sp³-hybridized carbons (Fsp3) is 0.458. The summed E-state index contributed by atoms with van der Waals surface area (Å²) >= 11 is 0. The van der Waals surface area contributed by atoms with E-state index in [4.69, 9.17) is 14.2 Å². The molecule has 2 aliphatic heterocycles. The number of carbonyl (C=O) groups is 1. The third kappa shape index (κ3) is 5.59. The Morgan fingerprint density at radius 3 is 2.26 bits per heavy atom. The molecule has 4 rings (SSSR count). The summed E-state index contributed by atoms with van der Waals surface area (Å²) in [6, 6.07) is 14.0. The zero-order valence-corrected chi connectivity index (χ0v) is 20.2. The van der Waals surface area contributed by atoms with Crippen LogP contribution in [0, 0.1) is 0 Å². The van der Waals surface area contributed by atoms with Crippen molar-refractivity contribution in [2.45, 2.75) is 4.90 Å². The fourth-order valence-corrected chi connectivity index (χ4v) is 5.70. The topological polar surface area (TPSA) is 88.6 Å². The molecule has 0 N–H and O–H groups in total. The summed E-state index contributed by atoms with van der Waals surface area (Å²) in [5.41, 5.74) is 1.05. The van der Waals surface area contributed by atoms with Crippen molar-refractivity contribution in [3.05, 3.63) is 54.1 Å². The highest BCUT2D eigenvalue weighted by molar-refractivity contribution is 7.89. The van der Waals surface area contributed by atoms with Crippen LogP contribution in [0.5, 0.6) is 5.75 Å². The van der Waals surface area contributed by atoms with Crippen molar-refractivity contribution >= 4 is 21.6 Å². The Morgan fingerprint density at radius 1 is 0.971 bits per heavy atom. The minimum atomic E-state index is -3.85. The van der Waals surface area contributed by atoms with Crippen LogP contribution < -0.4 is 9.64 Å². The minimum Gasteiger partial charge on any atom is -0.495 e. The van der Waals surface area contributed by atoms with Crippen LogP contribution >= 0.6 is 0 Å². The van der Waals surface area contributed by atoms with E-state index in [0.29, 0.717) is 45.1 Å². The molecule has 2 aliphatic rings. The predicted octanol–water partition coefficient (Wildman–Crippen LogP) is 1.70. The quantitative estimate of drug-likeness (QED) is 0.558. The van der Waals surface area contributed by atoms with Crippen molar-refractivity contribution in [3.63, 3.8) is 0 Å². The average molecular weight is 490 g/mol. The van der Waals surface area contributed by atoms with Gasteiger partial charge in [-0.05, 0) is 30.3 Å². The number of hydrogen-bond acceptors (Lipinski definition) is 7. The Bertz CT molecular complexity index is 1070. The number of nitrogens with zero attached hydrogens (tertiary/aromatic N) is 3. The normalized spacial score (nSPS) is 17.9. The molecule has 0 bridgehead atoms. The second-order valence-corrected chi connectivity index (χ2v) is 10.0. The zero-order chi connectivity index (χ0) is 24.0. The molecule has 9 nitrogen and oxygen atoms in total. The highest BCUT2D eigenvalue weighted by Crippen LogP contribution is 2.29. The van der Waals surface area contributed by atoms with Crippen molar-refractivity contribution < 1.29 is 27.4 Å². The SMILES string of the molecule is COc1ccc(C(=O)N(CCN2CCOCC2)c2ccccc2)cc1S(=O)(=O)N1CCOCC1. The van der Waals surface area contributed by atoms with Crippen molar-refractivity contribution in [2.24, 2.45) is 0 Å². The number of carbonyl (C=O) groups excluding carboxylic acids is 1. The molecule has 0 unspecified atom stereocenters. The van der Waals surface area contributed by atoms with Crippen LogP contribution in [0.3, 0.4) is 0 Å². The minimum absolute atomic E-state index is 0.0102. The molecule has 2 heterocycles. The van der Waals surface area contributed by atoms with Gasteiger partial charge in [-0.15, -0.1) is 0 Å². The van der Waals surface area contributed by atoms with Crippen molar-refractivity contribution in [1.82, 2.24) is 9.21 Å². The van der Waals surface area contributed by atoms with Crippen molar-refractivity contribution in [1.29, 1.82) is 0 Å². The van der Waals surface area contributed by atoms with E-state index in [1.165, 1.54) is 17.5 Å². The van der Waals surface area contributed by atoms with Gasteiger partial charge in [-0.2, -0.15) is 4.31 Å². The summed E-state index contributed by atoms with van der Waals surface area (Å²) in [6.45, 7) is 5.37. The highest BCUT2D eigenvalue weighted by atomic mass is 32.2. The van der Waals surface area contributed by atoms with E-state index in [0.717, 1.165) is 18.8 Å².